The standard InChI is InChI=1S/C7H11N3O2S/c1-5(2)6-4-8-10-7(9-6)13(3,11)12/h4-5H,1-3H3. The minimum atomic E-state index is -3.34. The molecule has 0 aliphatic rings. The molecule has 13 heavy (non-hydrogen) atoms. The molecule has 5 nitrogen and oxygen atoms in total. The maximum absolute atomic E-state index is 11.0. The van der Waals surface area contributed by atoms with E-state index in [1.165, 1.54) is 6.20 Å². The van der Waals surface area contributed by atoms with E-state index in [2.05, 4.69) is 15.2 Å². The first-order valence-electron chi connectivity index (χ1n) is 3.81. The summed E-state index contributed by atoms with van der Waals surface area (Å²) >= 11 is 0. The molecule has 0 aliphatic carbocycles. The van der Waals surface area contributed by atoms with Crippen LogP contribution < -0.4 is 0 Å². The van der Waals surface area contributed by atoms with Gasteiger partial charge in [0.1, 0.15) is 0 Å². The molecule has 0 N–H and O–H groups in total. The lowest BCUT2D eigenvalue weighted by Crippen LogP contribution is -2.08. The van der Waals surface area contributed by atoms with Crippen molar-refractivity contribution in [3.63, 3.8) is 0 Å². The second-order valence-corrected chi connectivity index (χ2v) is 5.00. The van der Waals surface area contributed by atoms with E-state index in [0.717, 1.165) is 6.26 Å². The molecule has 0 unspecified atom stereocenters. The topological polar surface area (TPSA) is 72.8 Å². The number of nitrogens with zero attached hydrogens (tertiary/aromatic N) is 3. The van der Waals surface area contributed by atoms with Crippen LogP contribution in [0.5, 0.6) is 0 Å². The van der Waals surface area contributed by atoms with Crippen LogP contribution in [0.15, 0.2) is 11.4 Å². The molecule has 1 aromatic heterocycles. The van der Waals surface area contributed by atoms with E-state index in [1.54, 1.807) is 0 Å². The van der Waals surface area contributed by atoms with Gasteiger partial charge in [0.15, 0.2) is 0 Å². The van der Waals surface area contributed by atoms with Gasteiger partial charge in [-0.25, -0.2) is 13.4 Å². The minimum Gasteiger partial charge on any atom is -0.221 e. The van der Waals surface area contributed by atoms with Crippen LogP contribution in [0.2, 0.25) is 0 Å². The Kier molecular flexibility index (Phi) is 2.60. The van der Waals surface area contributed by atoms with Gasteiger partial charge in [0.05, 0.1) is 11.9 Å². The molecule has 1 aromatic rings. The Balaban J connectivity index is 3.21. The van der Waals surface area contributed by atoms with E-state index in [-0.39, 0.29) is 11.1 Å². The molecule has 1 heterocycles. The minimum absolute atomic E-state index is 0.149. The number of hydrogen-bond acceptors (Lipinski definition) is 5. The number of hydrogen-bond donors (Lipinski definition) is 0. The van der Waals surface area contributed by atoms with Crippen LogP contribution in [-0.2, 0) is 9.84 Å². The summed E-state index contributed by atoms with van der Waals surface area (Å²) < 4.78 is 22.1. The normalized spacial score (nSPS) is 12.0. The number of sulfone groups is 1. The van der Waals surface area contributed by atoms with Gasteiger partial charge in [-0.3, -0.25) is 0 Å². The van der Waals surface area contributed by atoms with Gasteiger partial charge < -0.3 is 0 Å². The highest BCUT2D eigenvalue weighted by atomic mass is 32.2. The van der Waals surface area contributed by atoms with Crippen LogP contribution in [0.4, 0.5) is 0 Å². The number of rotatable bonds is 2. The molecular weight excluding hydrogens is 190 g/mol. The molecule has 0 amide bonds. The van der Waals surface area contributed by atoms with Gasteiger partial charge in [0.25, 0.3) is 5.16 Å². The molecule has 1 rings (SSSR count). The predicted octanol–water partition coefficient (Wildman–Crippen LogP) is 0.399. The average Bonchev–Trinajstić information content (AvgIpc) is 2.03. The Morgan fingerprint density at radius 3 is 2.46 bits per heavy atom. The van der Waals surface area contributed by atoms with Crippen molar-refractivity contribution in [3.8, 4) is 0 Å². The van der Waals surface area contributed by atoms with E-state index in [0.29, 0.717) is 5.69 Å². The summed E-state index contributed by atoms with van der Waals surface area (Å²) in [5, 5.41) is 6.82. The zero-order chi connectivity index (χ0) is 10.1. The molecule has 0 fully saturated rings. The van der Waals surface area contributed by atoms with Crippen LogP contribution in [0.25, 0.3) is 0 Å². The Morgan fingerprint density at radius 1 is 1.38 bits per heavy atom. The first kappa shape index (κ1) is 10.0. The lowest BCUT2D eigenvalue weighted by atomic mass is 10.1. The molecule has 0 radical (unpaired) electrons. The second-order valence-electron chi connectivity index (χ2n) is 3.09. The summed E-state index contributed by atoms with van der Waals surface area (Å²) in [5.74, 6) is 0.149. The summed E-state index contributed by atoms with van der Waals surface area (Å²) in [5.41, 5.74) is 0.635. The molecule has 0 saturated heterocycles. The second kappa shape index (κ2) is 3.37. The molecule has 0 atom stereocenters. The van der Waals surface area contributed by atoms with Crippen molar-refractivity contribution >= 4 is 9.84 Å². The van der Waals surface area contributed by atoms with Crippen LogP contribution in [0, 0.1) is 0 Å². The van der Waals surface area contributed by atoms with Gasteiger partial charge in [-0.1, -0.05) is 13.8 Å². The van der Waals surface area contributed by atoms with Gasteiger partial charge in [0.2, 0.25) is 9.84 Å². The highest BCUT2D eigenvalue weighted by Crippen LogP contribution is 2.10. The molecule has 6 heteroatoms. The lowest BCUT2D eigenvalue weighted by Gasteiger charge is -2.03. The van der Waals surface area contributed by atoms with Crippen LogP contribution in [-0.4, -0.2) is 29.9 Å². The zero-order valence-electron chi connectivity index (χ0n) is 7.72. The van der Waals surface area contributed by atoms with E-state index in [4.69, 9.17) is 0 Å². The maximum atomic E-state index is 11.0. The van der Waals surface area contributed by atoms with Crippen molar-refractivity contribution < 1.29 is 8.42 Å². The first-order valence-corrected chi connectivity index (χ1v) is 5.70. The van der Waals surface area contributed by atoms with Gasteiger partial charge in [-0.05, 0) is 5.92 Å². The summed E-state index contributed by atoms with van der Waals surface area (Å²) in [6.07, 6.45) is 2.54. The van der Waals surface area contributed by atoms with E-state index in [1.807, 2.05) is 13.8 Å². The number of aromatic nitrogens is 3. The van der Waals surface area contributed by atoms with E-state index in [9.17, 15) is 8.42 Å². The Morgan fingerprint density at radius 2 is 2.00 bits per heavy atom. The van der Waals surface area contributed by atoms with Gasteiger partial charge in [0, 0.05) is 6.26 Å². The average molecular weight is 201 g/mol. The fourth-order valence-corrected chi connectivity index (χ4v) is 1.20. The highest BCUT2D eigenvalue weighted by molar-refractivity contribution is 7.90. The molecule has 0 spiro atoms. The van der Waals surface area contributed by atoms with Crippen molar-refractivity contribution in [2.24, 2.45) is 0 Å². The Hall–Kier alpha value is -1.04. The van der Waals surface area contributed by atoms with Gasteiger partial charge >= 0.3 is 0 Å². The van der Waals surface area contributed by atoms with Crippen LogP contribution >= 0.6 is 0 Å². The monoisotopic (exact) mass is 201 g/mol. The highest BCUT2D eigenvalue weighted by Gasteiger charge is 2.13. The first-order chi connectivity index (χ1) is 5.91. The summed E-state index contributed by atoms with van der Waals surface area (Å²) in [6, 6.07) is 0. The predicted molar refractivity (Wildman–Crippen MR) is 47.0 cm³/mol. The van der Waals surface area contributed by atoms with Crippen molar-refractivity contribution in [1.29, 1.82) is 0 Å². The van der Waals surface area contributed by atoms with E-state index >= 15 is 0 Å². The summed E-state index contributed by atoms with van der Waals surface area (Å²) in [6.45, 7) is 3.83. The Bertz CT molecular complexity index is 400. The molecule has 0 saturated carbocycles. The zero-order valence-corrected chi connectivity index (χ0v) is 8.54. The van der Waals surface area contributed by atoms with Crippen LogP contribution in [0.1, 0.15) is 25.5 Å². The Labute approximate surface area is 77.1 Å². The summed E-state index contributed by atoms with van der Waals surface area (Å²) in [4.78, 5) is 3.88. The van der Waals surface area contributed by atoms with Gasteiger partial charge in [-0.15, -0.1) is 5.10 Å². The maximum Gasteiger partial charge on any atom is 0.267 e. The lowest BCUT2D eigenvalue weighted by molar-refractivity contribution is 0.585. The third-order valence-electron chi connectivity index (χ3n) is 1.48. The van der Waals surface area contributed by atoms with Crippen molar-refractivity contribution in [2.45, 2.75) is 24.9 Å². The van der Waals surface area contributed by atoms with Gasteiger partial charge in [-0.2, -0.15) is 5.10 Å². The molecule has 0 aromatic carbocycles. The largest absolute Gasteiger partial charge is 0.267 e. The SMILES string of the molecule is CC(C)c1cnnc(S(C)(=O)=O)n1. The fraction of sp³-hybridized carbons (Fsp3) is 0.571. The van der Waals surface area contributed by atoms with Crippen molar-refractivity contribution in [1.82, 2.24) is 15.2 Å². The molecule has 0 bridgehead atoms. The quantitative estimate of drug-likeness (QED) is 0.692. The van der Waals surface area contributed by atoms with E-state index < -0.39 is 9.84 Å². The van der Waals surface area contributed by atoms with Crippen molar-refractivity contribution in [3.05, 3.63) is 11.9 Å². The van der Waals surface area contributed by atoms with Crippen LogP contribution in [0.3, 0.4) is 0 Å². The molecule has 72 valence electrons. The summed E-state index contributed by atoms with van der Waals surface area (Å²) in [7, 11) is -3.34. The fourth-order valence-electron chi connectivity index (χ4n) is 0.734. The smallest absolute Gasteiger partial charge is 0.221 e. The third kappa shape index (κ3) is 2.45. The molecular formula is C7H11N3O2S. The molecule has 0 aliphatic heterocycles. The van der Waals surface area contributed by atoms with Crippen molar-refractivity contribution in [2.75, 3.05) is 6.26 Å². The third-order valence-corrected chi connectivity index (χ3v) is 2.32.